The fourth-order valence-electron chi connectivity index (χ4n) is 3.53. The maximum absolute atomic E-state index is 12.6. The first-order chi connectivity index (χ1) is 8.88. The third-order valence-corrected chi connectivity index (χ3v) is 4.99. The van der Waals surface area contributed by atoms with E-state index in [0.29, 0.717) is 25.4 Å². The van der Waals surface area contributed by atoms with Crippen molar-refractivity contribution in [3.8, 4) is 0 Å². The second-order valence-corrected chi connectivity index (χ2v) is 6.50. The summed E-state index contributed by atoms with van der Waals surface area (Å²) in [6.07, 6.45) is 2.70. The van der Waals surface area contributed by atoms with Crippen LogP contribution < -0.4 is 11.1 Å². The molecule has 108 valence electrons. The molecule has 4 nitrogen and oxygen atoms in total. The molecule has 0 aromatic heterocycles. The van der Waals surface area contributed by atoms with Gasteiger partial charge in [-0.1, -0.05) is 0 Å². The van der Waals surface area contributed by atoms with Crippen molar-refractivity contribution < 1.29 is 13.6 Å². The van der Waals surface area contributed by atoms with Crippen LogP contribution in [-0.4, -0.2) is 42.0 Å². The van der Waals surface area contributed by atoms with E-state index in [-0.39, 0.29) is 30.3 Å². The van der Waals surface area contributed by atoms with Gasteiger partial charge in [0.1, 0.15) is 0 Å². The minimum atomic E-state index is -2.46. The van der Waals surface area contributed by atoms with Crippen LogP contribution in [0.25, 0.3) is 0 Å². The lowest BCUT2D eigenvalue weighted by Gasteiger charge is -2.39. The Balaban J connectivity index is 1.36. The summed E-state index contributed by atoms with van der Waals surface area (Å²) in [5.74, 6) is -1.95. The van der Waals surface area contributed by atoms with Gasteiger partial charge in [0.05, 0.1) is 0 Å². The zero-order valence-electron chi connectivity index (χ0n) is 11.0. The van der Waals surface area contributed by atoms with E-state index in [0.717, 1.165) is 19.4 Å². The SMILES string of the molecule is N[C@]12CC[C@H]1CN(C(=O)NCCC1CC(F)(F)C1)C2. The van der Waals surface area contributed by atoms with E-state index in [2.05, 4.69) is 5.32 Å². The molecular formula is C13H21F2N3O. The zero-order valence-corrected chi connectivity index (χ0v) is 11.0. The predicted molar refractivity (Wildman–Crippen MR) is 66.9 cm³/mol. The summed E-state index contributed by atoms with van der Waals surface area (Å²) in [7, 11) is 0. The summed E-state index contributed by atoms with van der Waals surface area (Å²) in [6.45, 7) is 1.85. The number of nitrogens with one attached hydrogen (secondary N) is 1. The molecule has 1 saturated heterocycles. The Hall–Kier alpha value is -0.910. The van der Waals surface area contributed by atoms with Gasteiger partial charge in [-0.3, -0.25) is 0 Å². The number of hydrogen-bond donors (Lipinski definition) is 2. The minimum absolute atomic E-state index is 0.0272. The van der Waals surface area contributed by atoms with Gasteiger partial charge in [0, 0.05) is 38.0 Å². The van der Waals surface area contributed by atoms with E-state index in [1.54, 1.807) is 4.90 Å². The topological polar surface area (TPSA) is 58.4 Å². The van der Waals surface area contributed by atoms with Gasteiger partial charge in [0.25, 0.3) is 0 Å². The van der Waals surface area contributed by atoms with Crippen LogP contribution in [0.4, 0.5) is 13.6 Å². The van der Waals surface area contributed by atoms with Gasteiger partial charge >= 0.3 is 6.03 Å². The highest BCUT2D eigenvalue weighted by atomic mass is 19.3. The smallest absolute Gasteiger partial charge is 0.317 e. The molecule has 3 rings (SSSR count). The van der Waals surface area contributed by atoms with Crippen LogP contribution >= 0.6 is 0 Å². The molecular weight excluding hydrogens is 252 g/mol. The number of hydrogen-bond acceptors (Lipinski definition) is 2. The molecule has 0 radical (unpaired) electrons. The number of fused-ring (bicyclic) bond motifs is 1. The number of halogens is 2. The van der Waals surface area contributed by atoms with Crippen molar-refractivity contribution in [3.05, 3.63) is 0 Å². The van der Waals surface area contributed by atoms with Crippen molar-refractivity contribution in [2.45, 2.75) is 43.6 Å². The number of likely N-dealkylation sites (tertiary alicyclic amines) is 1. The molecule has 0 aromatic rings. The summed E-state index contributed by atoms with van der Waals surface area (Å²) in [6, 6.07) is -0.0923. The van der Waals surface area contributed by atoms with Crippen molar-refractivity contribution >= 4 is 6.03 Å². The number of rotatable bonds is 3. The molecule has 2 amide bonds. The predicted octanol–water partition coefficient (Wildman–Crippen LogP) is 1.55. The number of nitrogens with zero attached hydrogens (tertiary/aromatic N) is 1. The second-order valence-electron chi connectivity index (χ2n) is 6.50. The van der Waals surface area contributed by atoms with E-state index in [1.165, 1.54) is 0 Å². The van der Waals surface area contributed by atoms with Gasteiger partial charge < -0.3 is 16.0 Å². The number of carbonyl (C=O) groups is 1. The maximum atomic E-state index is 12.6. The van der Waals surface area contributed by atoms with Crippen LogP contribution in [0.3, 0.4) is 0 Å². The standard InChI is InChI=1S/C13H21F2N3O/c14-13(15)5-9(6-13)2-4-17-11(19)18-7-10-1-3-12(10,16)8-18/h9-10H,1-8,16H2,(H,17,19)/t10-,12-/m0/s1. The molecule has 2 aliphatic carbocycles. The maximum Gasteiger partial charge on any atom is 0.317 e. The van der Waals surface area contributed by atoms with Crippen LogP contribution in [0.1, 0.15) is 32.1 Å². The molecule has 1 aliphatic heterocycles. The number of urea groups is 1. The van der Waals surface area contributed by atoms with Crippen molar-refractivity contribution in [2.75, 3.05) is 19.6 Å². The average Bonchev–Trinajstić information content (AvgIpc) is 2.51. The third-order valence-electron chi connectivity index (χ3n) is 4.99. The molecule has 0 spiro atoms. The number of nitrogens with two attached hydrogens (primary N) is 1. The first kappa shape index (κ1) is 13.1. The molecule has 3 aliphatic rings. The first-order valence-electron chi connectivity index (χ1n) is 7.07. The Kier molecular flexibility index (Phi) is 2.96. The van der Waals surface area contributed by atoms with E-state index < -0.39 is 5.92 Å². The normalized spacial score (nSPS) is 36.4. The fraction of sp³-hybridized carbons (Fsp3) is 0.923. The van der Waals surface area contributed by atoms with Crippen LogP contribution in [0.5, 0.6) is 0 Å². The van der Waals surface area contributed by atoms with Crippen LogP contribution in [-0.2, 0) is 0 Å². The van der Waals surface area contributed by atoms with Gasteiger partial charge in [0.15, 0.2) is 0 Å². The highest BCUT2D eigenvalue weighted by Crippen LogP contribution is 2.44. The summed E-state index contributed by atoms with van der Waals surface area (Å²) in [5, 5.41) is 2.82. The molecule has 0 bridgehead atoms. The van der Waals surface area contributed by atoms with Gasteiger partial charge in [-0.25, -0.2) is 13.6 Å². The van der Waals surface area contributed by atoms with Crippen molar-refractivity contribution in [1.29, 1.82) is 0 Å². The van der Waals surface area contributed by atoms with E-state index in [1.807, 2.05) is 0 Å². The van der Waals surface area contributed by atoms with E-state index in [4.69, 9.17) is 5.73 Å². The first-order valence-corrected chi connectivity index (χ1v) is 7.07. The summed E-state index contributed by atoms with van der Waals surface area (Å²) >= 11 is 0. The Morgan fingerprint density at radius 2 is 2.16 bits per heavy atom. The van der Waals surface area contributed by atoms with Crippen molar-refractivity contribution in [1.82, 2.24) is 10.2 Å². The summed E-state index contributed by atoms with van der Waals surface area (Å²) in [4.78, 5) is 13.7. The molecule has 0 unspecified atom stereocenters. The van der Waals surface area contributed by atoms with Gasteiger partial charge in [-0.15, -0.1) is 0 Å². The Bertz CT molecular complexity index is 382. The Morgan fingerprint density at radius 3 is 2.63 bits per heavy atom. The average molecular weight is 273 g/mol. The Morgan fingerprint density at radius 1 is 1.42 bits per heavy atom. The van der Waals surface area contributed by atoms with Gasteiger partial charge in [-0.2, -0.15) is 0 Å². The second kappa shape index (κ2) is 4.30. The third kappa shape index (κ3) is 2.42. The van der Waals surface area contributed by atoms with Gasteiger partial charge in [-0.05, 0) is 31.1 Å². The monoisotopic (exact) mass is 273 g/mol. The van der Waals surface area contributed by atoms with Crippen LogP contribution in [0, 0.1) is 11.8 Å². The molecule has 2 saturated carbocycles. The number of carbonyl (C=O) groups excluding carboxylic acids is 1. The molecule has 3 N–H and O–H groups in total. The lowest BCUT2D eigenvalue weighted by molar-refractivity contribution is -0.111. The van der Waals surface area contributed by atoms with E-state index >= 15 is 0 Å². The number of amides is 2. The minimum Gasteiger partial charge on any atom is -0.338 e. The molecule has 1 heterocycles. The molecule has 6 heteroatoms. The largest absolute Gasteiger partial charge is 0.338 e. The lowest BCUT2D eigenvalue weighted by atomic mass is 9.70. The summed E-state index contributed by atoms with van der Waals surface area (Å²) < 4.78 is 25.3. The summed E-state index contributed by atoms with van der Waals surface area (Å²) in [5.41, 5.74) is 6.01. The molecule has 19 heavy (non-hydrogen) atoms. The fourth-order valence-corrected chi connectivity index (χ4v) is 3.53. The van der Waals surface area contributed by atoms with Crippen molar-refractivity contribution in [2.24, 2.45) is 17.6 Å². The quantitative estimate of drug-likeness (QED) is 0.819. The zero-order chi connectivity index (χ0) is 13.7. The van der Waals surface area contributed by atoms with Gasteiger partial charge in [0.2, 0.25) is 5.92 Å². The number of alkyl halides is 2. The lowest BCUT2D eigenvalue weighted by Crippen LogP contribution is -2.55. The molecule has 0 aromatic carbocycles. The molecule has 3 fully saturated rings. The Labute approximate surface area is 111 Å². The highest BCUT2D eigenvalue weighted by molar-refractivity contribution is 5.74. The van der Waals surface area contributed by atoms with E-state index in [9.17, 15) is 13.6 Å². The van der Waals surface area contributed by atoms with Crippen LogP contribution in [0.2, 0.25) is 0 Å². The van der Waals surface area contributed by atoms with Crippen LogP contribution in [0.15, 0.2) is 0 Å². The highest BCUT2D eigenvalue weighted by Gasteiger charge is 2.51. The van der Waals surface area contributed by atoms with Crippen molar-refractivity contribution in [3.63, 3.8) is 0 Å². The molecule has 2 atom stereocenters.